The second-order valence-corrected chi connectivity index (χ2v) is 6.78. The first-order valence-electron chi connectivity index (χ1n) is 9.41. The summed E-state index contributed by atoms with van der Waals surface area (Å²) in [6, 6.07) is 20.3. The summed E-state index contributed by atoms with van der Waals surface area (Å²) in [7, 11) is 0. The standard InChI is InChI=1S/C23H19FN2O4/c1-14(29-20-13-7-4-10-17(20)24)22(27)25-26-23(28)21-15-8-2-5-11-18(15)30-19-12-6-3-9-16(19)21/h2-14,21H,1H3,(H,25,27)(H,26,28). The van der Waals surface area contributed by atoms with Gasteiger partial charge in [0.1, 0.15) is 11.5 Å². The number of carbonyl (C=O) groups is 2. The minimum atomic E-state index is -1.02. The second kappa shape index (κ2) is 8.24. The van der Waals surface area contributed by atoms with Crippen LogP contribution >= 0.6 is 0 Å². The van der Waals surface area contributed by atoms with E-state index in [4.69, 9.17) is 9.47 Å². The molecule has 3 aromatic rings. The molecule has 2 amide bonds. The third kappa shape index (κ3) is 3.82. The van der Waals surface area contributed by atoms with Crippen molar-refractivity contribution in [1.29, 1.82) is 0 Å². The Morgan fingerprint density at radius 3 is 2.10 bits per heavy atom. The van der Waals surface area contributed by atoms with Crippen LogP contribution in [-0.4, -0.2) is 17.9 Å². The van der Waals surface area contributed by atoms with Gasteiger partial charge in [0.25, 0.3) is 11.8 Å². The number of carbonyl (C=O) groups excluding carboxylic acids is 2. The molecule has 30 heavy (non-hydrogen) atoms. The highest BCUT2D eigenvalue weighted by molar-refractivity contribution is 5.91. The summed E-state index contributed by atoms with van der Waals surface area (Å²) in [6.45, 7) is 1.47. The zero-order chi connectivity index (χ0) is 21.1. The number of nitrogens with one attached hydrogen (secondary N) is 2. The zero-order valence-corrected chi connectivity index (χ0v) is 16.1. The summed E-state index contributed by atoms with van der Waals surface area (Å²) < 4.78 is 24.9. The molecule has 0 aromatic heterocycles. The molecule has 0 saturated carbocycles. The van der Waals surface area contributed by atoms with Crippen molar-refractivity contribution in [3.8, 4) is 17.2 Å². The number of hydrogen-bond donors (Lipinski definition) is 2. The Morgan fingerprint density at radius 2 is 1.47 bits per heavy atom. The van der Waals surface area contributed by atoms with Gasteiger partial charge in [-0.15, -0.1) is 0 Å². The molecule has 1 unspecified atom stereocenters. The van der Waals surface area contributed by atoms with E-state index in [1.807, 2.05) is 24.3 Å². The molecular formula is C23H19FN2O4. The van der Waals surface area contributed by atoms with Gasteiger partial charge in [-0.25, -0.2) is 4.39 Å². The van der Waals surface area contributed by atoms with E-state index in [9.17, 15) is 14.0 Å². The predicted octanol–water partition coefficient (Wildman–Crippen LogP) is 3.68. The molecule has 0 saturated heterocycles. The topological polar surface area (TPSA) is 76.7 Å². The minimum Gasteiger partial charge on any atom is -0.478 e. The van der Waals surface area contributed by atoms with Crippen molar-refractivity contribution in [2.45, 2.75) is 18.9 Å². The molecule has 0 spiro atoms. The number of rotatable bonds is 4. The van der Waals surface area contributed by atoms with Crippen LogP contribution in [0.15, 0.2) is 72.8 Å². The van der Waals surface area contributed by atoms with Crippen molar-refractivity contribution >= 4 is 11.8 Å². The van der Waals surface area contributed by atoms with Gasteiger partial charge in [0.05, 0.1) is 5.92 Å². The summed E-state index contributed by atoms with van der Waals surface area (Å²) in [5.74, 6) is -1.15. The number of benzene rings is 3. The van der Waals surface area contributed by atoms with E-state index in [0.29, 0.717) is 22.6 Å². The van der Waals surface area contributed by atoms with E-state index in [0.717, 1.165) is 0 Å². The van der Waals surface area contributed by atoms with Crippen molar-refractivity contribution in [3.63, 3.8) is 0 Å². The average Bonchev–Trinajstić information content (AvgIpc) is 2.77. The van der Waals surface area contributed by atoms with Crippen molar-refractivity contribution in [3.05, 3.63) is 89.7 Å². The van der Waals surface area contributed by atoms with Crippen LogP contribution in [0.1, 0.15) is 24.0 Å². The highest BCUT2D eigenvalue weighted by atomic mass is 19.1. The summed E-state index contributed by atoms with van der Waals surface area (Å²) in [5.41, 5.74) is 6.19. The van der Waals surface area contributed by atoms with E-state index in [1.54, 1.807) is 30.3 Å². The average molecular weight is 406 g/mol. The zero-order valence-electron chi connectivity index (χ0n) is 16.1. The fourth-order valence-electron chi connectivity index (χ4n) is 3.27. The second-order valence-electron chi connectivity index (χ2n) is 6.78. The molecular weight excluding hydrogens is 387 g/mol. The molecule has 2 N–H and O–H groups in total. The van der Waals surface area contributed by atoms with Gasteiger partial charge in [0.2, 0.25) is 0 Å². The van der Waals surface area contributed by atoms with Gasteiger partial charge in [0, 0.05) is 11.1 Å². The summed E-state index contributed by atoms with van der Waals surface area (Å²) in [6.07, 6.45) is -1.02. The monoisotopic (exact) mass is 406 g/mol. The maximum absolute atomic E-state index is 13.7. The van der Waals surface area contributed by atoms with Crippen LogP contribution in [0.3, 0.4) is 0 Å². The number of ether oxygens (including phenoxy) is 2. The van der Waals surface area contributed by atoms with E-state index in [1.165, 1.54) is 25.1 Å². The molecule has 4 rings (SSSR count). The van der Waals surface area contributed by atoms with Gasteiger partial charge >= 0.3 is 0 Å². The smallest absolute Gasteiger partial charge is 0.279 e. The Bertz CT molecular complexity index is 1060. The third-order valence-corrected chi connectivity index (χ3v) is 4.76. The molecule has 1 aliphatic rings. The van der Waals surface area contributed by atoms with Crippen molar-refractivity contribution in [2.24, 2.45) is 0 Å². The van der Waals surface area contributed by atoms with E-state index < -0.39 is 29.7 Å². The molecule has 6 nitrogen and oxygen atoms in total. The largest absolute Gasteiger partial charge is 0.478 e. The van der Waals surface area contributed by atoms with Crippen LogP contribution in [0, 0.1) is 5.82 Å². The Balaban J connectivity index is 1.47. The lowest BCUT2D eigenvalue weighted by Gasteiger charge is -2.27. The molecule has 0 fully saturated rings. The number of hydrogen-bond acceptors (Lipinski definition) is 4. The Hall–Kier alpha value is -3.87. The molecule has 1 heterocycles. The molecule has 0 aliphatic carbocycles. The lowest BCUT2D eigenvalue weighted by Crippen LogP contribution is -2.49. The van der Waals surface area contributed by atoms with Crippen LogP contribution in [0.4, 0.5) is 4.39 Å². The predicted molar refractivity (Wildman–Crippen MR) is 108 cm³/mol. The number of amides is 2. The first-order valence-corrected chi connectivity index (χ1v) is 9.41. The molecule has 152 valence electrons. The maximum Gasteiger partial charge on any atom is 0.279 e. The van der Waals surface area contributed by atoms with E-state index in [2.05, 4.69) is 10.9 Å². The van der Waals surface area contributed by atoms with Gasteiger partial charge in [0.15, 0.2) is 17.7 Å². The van der Waals surface area contributed by atoms with Crippen LogP contribution in [0.2, 0.25) is 0 Å². The van der Waals surface area contributed by atoms with Crippen molar-refractivity contribution < 1.29 is 23.5 Å². The fourth-order valence-corrected chi connectivity index (χ4v) is 3.27. The highest BCUT2D eigenvalue weighted by Gasteiger charge is 2.32. The van der Waals surface area contributed by atoms with Gasteiger partial charge < -0.3 is 9.47 Å². The van der Waals surface area contributed by atoms with Gasteiger partial charge in [-0.2, -0.15) is 0 Å². The molecule has 1 atom stereocenters. The number of hydrazine groups is 1. The highest BCUT2D eigenvalue weighted by Crippen LogP contribution is 2.43. The number of halogens is 1. The summed E-state index contributed by atoms with van der Waals surface area (Å²) in [5, 5.41) is 0. The van der Waals surface area contributed by atoms with Gasteiger partial charge in [-0.1, -0.05) is 48.5 Å². The first kappa shape index (κ1) is 19.4. The fraction of sp³-hybridized carbons (Fsp3) is 0.130. The lowest BCUT2D eigenvalue weighted by atomic mass is 9.87. The van der Waals surface area contributed by atoms with Crippen LogP contribution < -0.4 is 20.3 Å². The quantitative estimate of drug-likeness (QED) is 0.648. The van der Waals surface area contributed by atoms with Crippen LogP contribution in [-0.2, 0) is 9.59 Å². The summed E-state index contributed by atoms with van der Waals surface area (Å²) in [4.78, 5) is 25.3. The number of fused-ring (bicyclic) bond motifs is 2. The van der Waals surface area contributed by atoms with Crippen LogP contribution in [0.25, 0.3) is 0 Å². The normalized spacial score (nSPS) is 13.3. The Labute approximate surface area is 172 Å². The lowest BCUT2D eigenvalue weighted by molar-refractivity contribution is -0.133. The number of para-hydroxylation sites is 3. The summed E-state index contributed by atoms with van der Waals surface area (Å²) >= 11 is 0. The molecule has 3 aromatic carbocycles. The molecule has 0 radical (unpaired) electrons. The Morgan fingerprint density at radius 1 is 0.900 bits per heavy atom. The van der Waals surface area contributed by atoms with Crippen molar-refractivity contribution in [1.82, 2.24) is 10.9 Å². The Kier molecular flexibility index (Phi) is 5.34. The van der Waals surface area contributed by atoms with Crippen molar-refractivity contribution in [2.75, 3.05) is 0 Å². The van der Waals surface area contributed by atoms with Crippen LogP contribution in [0.5, 0.6) is 17.2 Å². The first-order chi connectivity index (χ1) is 14.5. The van der Waals surface area contributed by atoms with Gasteiger partial charge in [-0.05, 0) is 31.2 Å². The minimum absolute atomic E-state index is 0.0428. The maximum atomic E-state index is 13.7. The third-order valence-electron chi connectivity index (χ3n) is 4.76. The van der Waals surface area contributed by atoms with E-state index >= 15 is 0 Å². The van der Waals surface area contributed by atoms with Gasteiger partial charge in [-0.3, -0.25) is 20.4 Å². The SMILES string of the molecule is CC(Oc1ccccc1F)C(=O)NNC(=O)C1c2ccccc2Oc2ccccc21. The molecule has 1 aliphatic heterocycles. The molecule has 7 heteroatoms. The van der Waals surface area contributed by atoms with E-state index in [-0.39, 0.29) is 5.75 Å². The molecule has 0 bridgehead atoms.